The summed E-state index contributed by atoms with van der Waals surface area (Å²) in [5.41, 5.74) is 0.731. The molecule has 0 aromatic carbocycles. The van der Waals surface area contributed by atoms with Gasteiger partial charge < -0.3 is 10.1 Å². The van der Waals surface area contributed by atoms with E-state index in [-0.39, 0.29) is 18.4 Å². The van der Waals surface area contributed by atoms with E-state index in [1.165, 1.54) is 11.3 Å². The van der Waals surface area contributed by atoms with Crippen LogP contribution in [0.15, 0.2) is 35.8 Å². The summed E-state index contributed by atoms with van der Waals surface area (Å²) in [4.78, 5) is 28.8. The Hall–Kier alpha value is -1.92. The number of pyridine rings is 1. The Balaban J connectivity index is 1.95. The van der Waals surface area contributed by atoms with E-state index < -0.39 is 12.0 Å². The van der Waals surface area contributed by atoms with Crippen LogP contribution < -0.4 is 5.32 Å². The van der Waals surface area contributed by atoms with Gasteiger partial charge in [-0.25, -0.2) is 9.78 Å². The molecule has 0 radical (unpaired) electrons. The van der Waals surface area contributed by atoms with Gasteiger partial charge >= 0.3 is 5.97 Å². The van der Waals surface area contributed by atoms with Gasteiger partial charge in [-0.1, -0.05) is 37.6 Å². The smallest absolute Gasteiger partial charge is 0.329 e. The summed E-state index contributed by atoms with van der Waals surface area (Å²) in [5.74, 6) is -0.835. The van der Waals surface area contributed by atoms with E-state index >= 15 is 0 Å². The summed E-state index contributed by atoms with van der Waals surface area (Å²) in [5, 5.41) is 4.91. The minimum absolute atomic E-state index is 0.0844. The highest BCUT2D eigenvalue weighted by Gasteiger charge is 2.26. The molecule has 7 heteroatoms. The van der Waals surface area contributed by atoms with Gasteiger partial charge in [0.2, 0.25) is 0 Å². The molecule has 122 valence electrons. The number of halogens is 1. The average molecular weight is 353 g/mol. The summed E-state index contributed by atoms with van der Waals surface area (Å²) in [7, 11) is 0. The molecule has 0 spiro atoms. The number of nitrogens with one attached hydrogen (secondary N) is 1. The largest absolute Gasteiger partial charge is 0.459 e. The second-order valence-electron chi connectivity index (χ2n) is 5.27. The van der Waals surface area contributed by atoms with Crippen LogP contribution in [0.2, 0.25) is 5.15 Å². The first-order valence-corrected chi connectivity index (χ1v) is 8.34. The first-order chi connectivity index (χ1) is 11.0. The zero-order chi connectivity index (χ0) is 16.8. The number of hydrogen-bond acceptors (Lipinski definition) is 5. The van der Waals surface area contributed by atoms with Crippen LogP contribution in [0.1, 0.15) is 29.1 Å². The van der Waals surface area contributed by atoms with Gasteiger partial charge in [-0.3, -0.25) is 4.79 Å². The molecule has 0 bridgehead atoms. The molecule has 0 saturated carbocycles. The van der Waals surface area contributed by atoms with Crippen molar-refractivity contribution in [3.05, 3.63) is 51.4 Å². The molecule has 1 unspecified atom stereocenters. The van der Waals surface area contributed by atoms with Crippen molar-refractivity contribution < 1.29 is 14.3 Å². The molecule has 0 aliphatic heterocycles. The number of rotatable bonds is 6. The number of nitrogens with zero attached hydrogens (tertiary/aromatic N) is 1. The molecule has 0 saturated heterocycles. The standard InChI is InChI=1S/C16H17ClN2O3S/c1-10(2)14(19-15(20)12-4-3-7-23-12)16(21)22-9-11-5-6-13(17)18-8-11/h3-8,10,14H,9H2,1-2H3,(H,19,20). The van der Waals surface area contributed by atoms with E-state index in [2.05, 4.69) is 10.3 Å². The van der Waals surface area contributed by atoms with Gasteiger partial charge in [0.1, 0.15) is 17.8 Å². The molecule has 0 aliphatic rings. The Morgan fingerprint density at radius 1 is 1.35 bits per heavy atom. The van der Waals surface area contributed by atoms with E-state index in [1.54, 1.807) is 30.5 Å². The van der Waals surface area contributed by atoms with Gasteiger partial charge in [-0.15, -0.1) is 11.3 Å². The third-order valence-corrected chi connectivity index (χ3v) is 4.21. The zero-order valence-corrected chi connectivity index (χ0v) is 14.4. The van der Waals surface area contributed by atoms with E-state index in [9.17, 15) is 9.59 Å². The second-order valence-corrected chi connectivity index (χ2v) is 6.60. The minimum Gasteiger partial charge on any atom is -0.459 e. The fraction of sp³-hybridized carbons (Fsp3) is 0.312. The molecule has 5 nitrogen and oxygen atoms in total. The molecule has 2 aromatic heterocycles. The van der Waals surface area contributed by atoms with Crippen LogP contribution in [0, 0.1) is 5.92 Å². The highest BCUT2D eigenvalue weighted by molar-refractivity contribution is 7.12. The van der Waals surface area contributed by atoms with Crippen molar-refractivity contribution in [2.45, 2.75) is 26.5 Å². The van der Waals surface area contributed by atoms with E-state index in [0.29, 0.717) is 10.0 Å². The van der Waals surface area contributed by atoms with Gasteiger partial charge in [0.15, 0.2) is 0 Å². The summed E-state index contributed by atoms with van der Waals surface area (Å²) < 4.78 is 5.28. The maximum Gasteiger partial charge on any atom is 0.329 e. The Kier molecular flexibility index (Phi) is 6.12. The van der Waals surface area contributed by atoms with E-state index in [0.717, 1.165) is 5.56 Å². The first-order valence-electron chi connectivity index (χ1n) is 7.09. The van der Waals surface area contributed by atoms with Gasteiger partial charge in [0.25, 0.3) is 5.91 Å². The highest BCUT2D eigenvalue weighted by atomic mass is 35.5. The third-order valence-electron chi connectivity index (χ3n) is 3.12. The molecule has 1 amide bonds. The molecule has 2 aromatic rings. The van der Waals surface area contributed by atoms with Crippen molar-refractivity contribution >= 4 is 34.8 Å². The lowest BCUT2D eigenvalue weighted by Crippen LogP contribution is -2.45. The number of carbonyl (C=O) groups excluding carboxylic acids is 2. The quantitative estimate of drug-likeness (QED) is 0.639. The van der Waals surface area contributed by atoms with Crippen molar-refractivity contribution in [2.24, 2.45) is 5.92 Å². The summed E-state index contributed by atoms with van der Waals surface area (Å²) >= 11 is 7.03. The van der Waals surface area contributed by atoms with Crippen LogP contribution in [0.25, 0.3) is 0 Å². The summed E-state index contributed by atoms with van der Waals surface area (Å²) in [6.45, 7) is 3.79. The molecule has 1 N–H and O–H groups in total. The lowest BCUT2D eigenvalue weighted by atomic mass is 10.0. The molecular formula is C16H17ClN2O3S. The highest BCUT2D eigenvalue weighted by Crippen LogP contribution is 2.12. The predicted molar refractivity (Wildman–Crippen MR) is 89.5 cm³/mol. The first kappa shape index (κ1) is 17.4. The Bertz CT molecular complexity index is 656. The third kappa shape index (κ3) is 5.04. The number of carbonyl (C=O) groups is 2. The van der Waals surface area contributed by atoms with Crippen LogP contribution in [0.4, 0.5) is 0 Å². The van der Waals surface area contributed by atoms with Crippen molar-refractivity contribution in [1.82, 2.24) is 10.3 Å². The lowest BCUT2D eigenvalue weighted by molar-refractivity contribution is -0.148. The normalized spacial score (nSPS) is 12.0. The summed E-state index contributed by atoms with van der Waals surface area (Å²) in [6.07, 6.45) is 1.55. The number of ether oxygens (including phenoxy) is 1. The number of aromatic nitrogens is 1. The van der Waals surface area contributed by atoms with Gasteiger partial charge in [0.05, 0.1) is 4.88 Å². The molecule has 2 heterocycles. The second kappa shape index (κ2) is 8.08. The zero-order valence-electron chi connectivity index (χ0n) is 12.8. The maximum absolute atomic E-state index is 12.3. The van der Waals surface area contributed by atoms with Crippen LogP contribution in [0.5, 0.6) is 0 Å². The van der Waals surface area contributed by atoms with Gasteiger partial charge in [0, 0.05) is 11.8 Å². The fourth-order valence-electron chi connectivity index (χ4n) is 1.85. The maximum atomic E-state index is 12.3. The fourth-order valence-corrected chi connectivity index (χ4v) is 2.59. The van der Waals surface area contributed by atoms with Crippen LogP contribution in [0.3, 0.4) is 0 Å². The molecule has 23 heavy (non-hydrogen) atoms. The van der Waals surface area contributed by atoms with E-state index in [4.69, 9.17) is 16.3 Å². The molecule has 1 atom stereocenters. The molecular weight excluding hydrogens is 336 g/mol. The van der Waals surface area contributed by atoms with Crippen molar-refractivity contribution in [1.29, 1.82) is 0 Å². The SMILES string of the molecule is CC(C)C(NC(=O)c1cccs1)C(=O)OCc1ccc(Cl)nc1. The average Bonchev–Trinajstić information content (AvgIpc) is 3.05. The van der Waals surface area contributed by atoms with Crippen molar-refractivity contribution in [3.63, 3.8) is 0 Å². The van der Waals surface area contributed by atoms with Crippen molar-refractivity contribution in [2.75, 3.05) is 0 Å². The van der Waals surface area contributed by atoms with Gasteiger partial charge in [-0.2, -0.15) is 0 Å². The lowest BCUT2D eigenvalue weighted by Gasteiger charge is -2.20. The predicted octanol–water partition coefficient (Wildman–Crippen LogP) is 3.29. The Morgan fingerprint density at radius 3 is 2.70 bits per heavy atom. The van der Waals surface area contributed by atoms with Crippen molar-refractivity contribution in [3.8, 4) is 0 Å². The Labute approximate surface area is 143 Å². The number of thiophene rings is 1. The summed E-state index contributed by atoms with van der Waals surface area (Å²) in [6, 6.07) is 6.16. The molecule has 0 aliphatic carbocycles. The molecule has 0 fully saturated rings. The number of amides is 1. The Morgan fingerprint density at radius 2 is 2.13 bits per heavy atom. The number of hydrogen-bond donors (Lipinski definition) is 1. The van der Waals surface area contributed by atoms with Crippen LogP contribution in [-0.4, -0.2) is 22.9 Å². The van der Waals surface area contributed by atoms with E-state index in [1.807, 2.05) is 19.2 Å². The molecule has 2 rings (SSSR count). The topological polar surface area (TPSA) is 68.3 Å². The van der Waals surface area contributed by atoms with Gasteiger partial charge in [-0.05, 0) is 23.4 Å². The van der Waals surface area contributed by atoms with Crippen LogP contribution in [-0.2, 0) is 16.1 Å². The minimum atomic E-state index is -0.704. The monoisotopic (exact) mass is 352 g/mol. The van der Waals surface area contributed by atoms with Crippen LogP contribution >= 0.6 is 22.9 Å². The number of esters is 1.